The molecule has 2 aromatic carbocycles. The zero-order valence-corrected chi connectivity index (χ0v) is 14.0. The molecule has 4 rings (SSSR count). The number of ether oxygens (including phenoxy) is 2. The van der Waals surface area contributed by atoms with Crippen LogP contribution in [0.25, 0.3) is 11.1 Å². The lowest BCUT2D eigenvalue weighted by Crippen LogP contribution is -2.27. The lowest BCUT2D eigenvalue weighted by molar-refractivity contribution is -0.141. The zero-order valence-electron chi connectivity index (χ0n) is 14.0. The number of rotatable bonds is 4. The van der Waals surface area contributed by atoms with Gasteiger partial charge in [-0.25, -0.2) is 4.79 Å². The van der Waals surface area contributed by atoms with E-state index in [0.29, 0.717) is 12.0 Å². The van der Waals surface area contributed by atoms with Gasteiger partial charge < -0.3 is 14.3 Å². The van der Waals surface area contributed by atoms with Crippen LogP contribution in [0.2, 0.25) is 0 Å². The van der Waals surface area contributed by atoms with Crippen molar-refractivity contribution < 1.29 is 23.9 Å². The molecule has 0 aromatic heterocycles. The summed E-state index contributed by atoms with van der Waals surface area (Å²) in [5.74, 6) is -1.42. The maximum Gasteiger partial charge on any atom is 0.338 e. The minimum atomic E-state index is -0.545. The first-order valence-corrected chi connectivity index (χ1v) is 8.67. The van der Waals surface area contributed by atoms with Crippen molar-refractivity contribution in [3.05, 3.63) is 60.2 Å². The van der Waals surface area contributed by atoms with Gasteiger partial charge in [0.05, 0.1) is 17.9 Å². The number of esters is 2. The smallest absolute Gasteiger partial charge is 0.338 e. The van der Waals surface area contributed by atoms with Crippen LogP contribution in [0.1, 0.15) is 23.2 Å². The lowest BCUT2D eigenvalue weighted by Gasteiger charge is -2.18. The van der Waals surface area contributed by atoms with Crippen LogP contribution in [0, 0.1) is 11.8 Å². The van der Waals surface area contributed by atoms with Crippen LogP contribution < -0.4 is 0 Å². The Hall–Kier alpha value is -2.95. The highest BCUT2D eigenvalue weighted by molar-refractivity contribution is 5.90. The number of carbonyl (C=O) groups excluding carboxylic acids is 3. The summed E-state index contributed by atoms with van der Waals surface area (Å²) in [4.78, 5) is 35.2. The molecule has 0 radical (unpaired) electrons. The van der Waals surface area contributed by atoms with Crippen LogP contribution in [0.5, 0.6) is 0 Å². The third kappa shape index (κ3) is 3.01. The quantitative estimate of drug-likeness (QED) is 0.626. The summed E-state index contributed by atoms with van der Waals surface area (Å²) >= 11 is 0. The fraction of sp³-hybridized carbons (Fsp3) is 0.286. The highest BCUT2D eigenvalue weighted by Gasteiger charge is 2.51. The Labute approximate surface area is 150 Å². The van der Waals surface area contributed by atoms with Crippen LogP contribution in [-0.4, -0.2) is 30.4 Å². The van der Waals surface area contributed by atoms with Crippen molar-refractivity contribution in [2.75, 3.05) is 0 Å². The topological polar surface area (TPSA) is 69.7 Å². The first-order chi connectivity index (χ1) is 12.7. The Bertz CT molecular complexity index is 827. The van der Waals surface area contributed by atoms with E-state index in [0.717, 1.165) is 17.4 Å². The molecule has 0 N–H and O–H groups in total. The number of hydrogen-bond donors (Lipinski definition) is 0. The first-order valence-electron chi connectivity index (χ1n) is 8.67. The molecule has 1 unspecified atom stereocenters. The third-order valence-electron chi connectivity index (χ3n) is 5.19. The maximum absolute atomic E-state index is 12.4. The highest BCUT2D eigenvalue weighted by Crippen LogP contribution is 2.42. The lowest BCUT2D eigenvalue weighted by atomic mass is 9.93. The average molecular weight is 350 g/mol. The summed E-state index contributed by atoms with van der Waals surface area (Å²) in [5, 5.41) is 0. The van der Waals surface area contributed by atoms with Crippen molar-refractivity contribution in [1.29, 1.82) is 0 Å². The normalized spacial score (nSPS) is 26.8. The standard InChI is InChI=1S/C21H18O5/c22-12-17-16-10-20(23)25-18(16)11-19(17)26-21(24)15-8-6-14(7-9-15)13-4-2-1-3-5-13/h1-9,12,16-19H,10-11H2/t16-,17-,18+,19?/m1/s1. The second kappa shape index (κ2) is 6.75. The number of aldehydes is 1. The Kier molecular flexibility index (Phi) is 4.29. The van der Waals surface area contributed by atoms with Crippen LogP contribution in [-0.2, 0) is 19.1 Å². The number of hydrogen-bond acceptors (Lipinski definition) is 5. The van der Waals surface area contributed by atoms with Gasteiger partial charge in [0, 0.05) is 12.3 Å². The predicted molar refractivity (Wildman–Crippen MR) is 93.2 cm³/mol. The minimum absolute atomic E-state index is 0.182. The molecule has 1 saturated carbocycles. The molecule has 1 heterocycles. The van der Waals surface area contributed by atoms with E-state index in [1.165, 1.54) is 0 Å². The second-order valence-electron chi connectivity index (χ2n) is 6.73. The number of fused-ring (bicyclic) bond motifs is 1. The van der Waals surface area contributed by atoms with Gasteiger partial charge in [-0.05, 0) is 23.3 Å². The van der Waals surface area contributed by atoms with E-state index < -0.39 is 18.0 Å². The molecule has 4 atom stereocenters. The van der Waals surface area contributed by atoms with Crippen LogP contribution in [0.4, 0.5) is 0 Å². The molecule has 1 aliphatic carbocycles. The summed E-state index contributed by atoms with van der Waals surface area (Å²) in [7, 11) is 0. The summed E-state index contributed by atoms with van der Waals surface area (Å²) in [6.45, 7) is 0. The third-order valence-corrected chi connectivity index (χ3v) is 5.19. The molecule has 0 spiro atoms. The van der Waals surface area contributed by atoms with Crippen LogP contribution in [0.15, 0.2) is 54.6 Å². The van der Waals surface area contributed by atoms with Gasteiger partial charge in [0.2, 0.25) is 0 Å². The van der Waals surface area contributed by atoms with Crippen molar-refractivity contribution in [3.8, 4) is 11.1 Å². The van der Waals surface area contributed by atoms with Gasteiger partial charge >= 0.3 is 11.9 Å². The van der Waals surface area contributed by atoms with Gasteiger partial charge in [-0.3, -0.25) is 4.79 Å². The van der Waals surface area contributed by atoms with Gasteiger partial charge in [-0.15, -0.1) is 0 Å². The molecular weight excluding hydrogens is 332 g/mol. The summed E-state index contributed by atoms with van der Waals surface area (Å²) < 4.78 is 10.8. The van der Waals surface area contributed by atoms with Gasteiger partial charge in [0.1, 0.15) is 18.5 Å². The molecule has 2 aromatic rings. The van der Waals surface area contributed by atoms with E-state index in [2.05, 4.69) is 0 Å². The van der Waals surface area contributed by atoms with Gasteiger partial charge in [0.25, 0.3) is 0 Å². The Morgan fingerprint density at radius 3 is 2.42 bits per heavy atom. The van der Waals surface area contributed by atoms with Crippen molar-refractivity contribution in [3.63, 3.8) is 0 Å². The fourth-order valence-electron chi connectivity index (χ4n) is 3.85. The number of benzene rings is 2. The molecule has 2 aliphatic rings. The monoisotopic (exact) mass is 350 g/mol. The van der Waals surface area contributed by atoms with E-state index in [4.69, 9.17) is 9.47 Å². The van der Waals surface area contributed by atoms with Crippen LogP contribution >= 0.6 is 0 Å². The number of carbonyl (C=O) groups is 3. The maximum atomic E-state index is 12.4. The molecular formula is C21H18O5. The van der Waals surface area contributed by atoms with E-state index in [1.807, 2.05) is 42.5 Å². The molecule has 0 amide bonds. The van der Waals surface area contributed by atoms with Gasteiger partial charge in [-0.1, -0.05) is 42.5 Å². The van der Waals surface area contributed by atoms with E-state index in [1.54, 1.807) is 12.1 Å². The zero-order chi connectivity index (χ0) is 18.1. The van der Waals surface area contributed by atoms with Gasteiger partial charge in [0.15, 0.2) is 0 Å². The fourth-order valence-corrected chi connectivity index (χ4v) is 3.85. The Morgan fingerprint density at radius 2 is 1.73 bits per heavy atom. The Morgan fingerprint density at radius 1 is 1.04 bits per heavy atom. The summed E-state index contributed by atoms with van der Waals surface area (Å²) in [6.07, 6.45) is 0.512. The minimum Gasteiger partial charge on any atom is -0.462 e. The van der Waals surface area contributed by atoms with Crippen molar-refractivity contribution in [1.82, 2.24) is 0 Å². The molecule has 5 heteroatoms. The molecule has 1 aliphatic heterocycles. The van der Waals surface area contributed by atoms with Crippen molar-refractivity contribution in [2.24, 2.45) is 11.8 Å². The molecule has 5 nitrogen and oxygen atoms in total. The van der Waals surface area contributed by atoms with E-state index in [9.17, 15) is 14.4 Å². The molecule has 1 saturated heterocycles. The van der Waals surface area contributed by atoms with Crippen molar-refractivity contribution in [2.45, 2.75) is 25.0 Å². The average Bonchev–Trinajstić information content (AvgIpc) is 3.17. The Balaban J connectivity index is 1.45. The molecule has 132 valence electrons. The van der Waals surface area contributed by atoms with Crippen molar-refractivity contribution >= 4 is 18.2 Å². The van der Waals surface area contributed by atoms with Gasteiger partial charge in [-0.2, -0.15) is 0 Å². The summed E-state index contributed by atoms with van der Waals surface area (Å²) in [5.41, 5.74) is 2.51. The predicted octanol–water partition coefficient (Wildman–Crippen LogP) is 3.03. The molecule has 2 fully saturated rings. The second-order valence-corrected chi connectivity index (χ2v) is 6.73. The summed E-state index contributed by atoms with van der Waals surface area (Å²) in [6, 6.07) is 17.0. The van der Waals surface area contributed by atoms with E-state index >= 15 is 0 Å². The molecule has 26 heavy (non-hydrogen) atoms. The van der Waals surface area contributed by atoms with E-state index in [-0.39, 0.29) is 24.4 Å². The highest BCUT2D eigenvalue weighted by atomic mass is 16.6. The van der Waals surface area contributed by atoms with Crippen LogP contribution in [0.3, 0.4) is 0 Å². The largest absolute Gasteiger partial charge is 0.462 e. The first kappa shape index (κ1) is 16.5. The SMILES string of the molecule is O=C[C@H]1C(OC(=O)c2ccc(-c3ccccc3)cc2)C[C@@H]2OC(=O)C[C@@H]21. The molecule has 0 bridgehead atoms.